The van der Waals surface area contributed by atoms with Gasteiger partial charge in [-0.25, -0.2) is 4.79 Å². The zero-order chi connectivity index (χ0) is 22.3. The van der Waals surface area contributed by atoms with Crippen LogP contribution in [-0.4, -0.2) is 47.0 Å². The third-order valence-corrected chi connectivity index (χ3v) is 6.24. The number of carbonyl (C=O) groups is 1. The van der Waals surface area contributed by atoms with E-state index in [-0.39, 0.29) is 11.6 Å². The summed E-state index contributed by atoms with van der Waals surface area (Å²) in [5.41, 5.74) is 3.25. The molecular formula is C25H32N4O3. The third kappa shape index (κ3) is 6.01. The van der Waals surface area contributed by atoms with Gasteiger partial charge in [0.2, 0.25) is 5.91 Å². The molecule has 1 aromatic heterocycles. The molecule has 4 rings (SSSR count). The molecule has 32 heavy (non-hydrogen) atoms. The molecule has 0 unspecified atom stereocenters. The summed E-state index contributed by atoms with van der Waals surface area (Å²) < 4.78 is 5.51. The van der Waals surface area contributed by atoms with Crippen molar-refractivity contribution in [3.8, 4) is 5.75 Å². The zero-order valence-corrected chi connectivity index (χ0v) is 18.7. The van der Waals surface area contributed by atoms with E-state index in [9.17, 15) is 9.59 Å². The van der Waals surface area contributed by atoms with Gasteiger partial charge >= 0.3 is 5.69 Å². The first-order chi connectivity index (χ1) is 15.6. The number of fused-ring (bicyclic) bond motifs is 1. The molecule has 2 aromatic carbocycles. The molecule has 0 aliphatic carbocycles. The highest BCUT2D eigenvalue weighted by Crippen LogP contribution is 2.23. The van der Waals surface area contributed by atoms with Crippen molar-refractivity contribution in [2.45, 2.75) is 39.0 Å². The first-order valence-electron chi connectivity index (χ1n) is 11.5. The number of anilines is 1. The summed E-state index contributed by atoms with van der Waals surface area (Å²) in [6.07, 6.45) is 5.17. The summed E-state index contributed by atoms with van der Waals surface area (Å²) in [6.45, 7) is 5.59. The van der Waals surface area contributed by atoms with Gasteiger partial charge in [0, 0.05) is 18.7 Å². The third-order valence-electron chi connectivity index (χ3n) is 6.24. The monoisotopic (exact) mass is 436 g/mol. The molecule has 170 valence electrons. The van der Waals surface area contributed by atoms with Crippen molar-refractivity contribution in [1.82, 2.24) is 14.9 Å². The van der Waals surface area contributed by atoms with Gasteiger partial charge in [0.1, 0.15) is 5.75 Å². The van der Waals surface area contributed by atoms with Crippen LogP contribution in [0.5, 0.6) is 5.75 Å². The van der Waals surface area contributed by atoms with Crippen molar-refractivity contribution in [2.75, 3.05) is 31.6 Å². The van der Waals surface area contributed by atoms with E-state index in [1.54, 1.807) is 18.2 Å². The molecular weight excluding hydrogens is 404 g/mol. The average Bonchev–Trinajstić information content (AvgIpc) is 3.17. The van der Waals surface area contributed by atoms with E-state index < -0.39 is 0 Å². The van der Waals surface area contributed by atoms with Gasteiger partial charge in [-0.15, -0.1) is 0 Å². The van der Waals surface area contributed by atoms with Gasteiger partial charge in [-0.05, 0) is 87.5 Å². The van der Waals surface area contributed by atoms with Gasteiger partial charge in [0.15, 0.2) is 0 Å². The number of nitrogens with one attached hydrogen (secondary N) is 3. The summed E-state index contributed by atoms with van der Waals surface area (Å²) in [5.74, 6) is 1.69. The molecule has 0 spiro atoms. The molecule has 7 nitrogen and oxygen atoms in total. The van der Waals surface area contributed by atoms with Crippen molar-refractivity contribution in [3.05, 3.63) is 58.5 Å². The lowest BCUT2D eigenvalue weighted by Crippen LogP contribution is -2.35. The number of imidazole rings is 1. The molecule has 2 heterocycles. The van der Waals surface area contributed by atoms with Gasteiger partial charge in [-0.3, -0.25) is 4.79 Å². The molecule has 7 heteroatoms. The van der Waals surface area contributed by atoms with Gasteiger partial charge in [-0.1, -0.05) is 12.1 Å². The number of benzene rings is 2. The van der Waals surface area contributed by atoms with Crippen LogP contribution < -0.4 is 15.7 Å². The Morgan fingerprint density at radius 1 is 1.09 bits per heavy atom. The highest BCUT2D eigenvalue weighted by atomic mass is 16.5. The van der Waals surface area contributed by atoms with Crippen molar-refractivity contribution in [1.29, 1.82) is 0 Å². The largest absolute Gasteiger partial charge is 0.494 e. The fraction of sp³-hybridized carbons (Fsp3) is 0.440. The number of amides is 1. The van der Waals surface area contributed by atoms with Crippen LogP contribution >= 0.6 is 0 Å². The van der Waals surface area contributed by atoms with Crippen LogP contribution in [0.4, 0.5) is 5.69 Å². The maximum atomic E-state index is 12.4. The van der Waals surface area contributed by atoms with Crippen molar-refractivity contribution in [3.63, 3.8) is 0 Å². The Morgan fingerprint density at radius 3 is 2.59 bits per heavy atom. The SMILES string of the molecule is CCOc1ccc(CCC2CCN(CCC(=O)Nc3ccc4[nH]c(=O)[nH]c4c3)CC2)cc1. The molecule has 1 fully saturated rings. The molecule has 0 radical (unpaired) electrons. The Balaban J connectivity index is 1.15. The first-order valence-corrected chi connectivity index (χ1v) is 11.5. The van der Waals surface area contributed by atoms with Crippen molar-refractivity contribution >= 4 is 22.6 Å². The number of H-pyrrole nitrogens is 2. The smallest absolute Gasteiger partial charge is 0.323 e. The number of aromatic amines is 2. The summed E-state index contributed by atoms with van der Waals surface area (Å²) in [6, 6.07) is 13.8. The van der Waals surface area contributed by atoms with E-state index >= 15 is 0 Å². The lowest BCUT2D eigenvalue weighted by molar-refractivity contribution is -0.116. The topological polar surface area (TPSA) is 90.2 Å². The summed E-state index contributed by atoms with van der Waals surface area (Å²) in [4.78, 5) is 31.5. The van der Waals surface area contributed by atoms with Crippen LogP contribution in [0.1, 0.15) is 38.2 Å². The lowest BCUT2D eigenvalue weighted by Gasteiger charge is -2.31. The van der Waals surface area contributed by atoms with E-state index in [0.717, 1.165) is 43.2 Å². The molecule has 1 saturated heterocycles. The van der Waals surface area contributed by atoms with E-state index in [0.29, 0.717) is 24.2 Å². The Morgan fingerprint density at radius 2 is 1.84 bits per heavy atom. The van der Waals surface area contributed by atoms with Crippen LogP contribution in [0, 0.1) is 5.92 Å². The minimum Gasteiger partial charge on any atom is -0.494 e. The molecule has 3 aromatic rings. The maximum Gasteiger partial charge on any atom is 0.323 e. The Kier molecular flexibility index (Phi) is 7.27. The quantitative estimate of drug-likeness (QED) is 0.474. The summed E-state index contributed by atoms with van der Waals surface area (Å²) in [5, 5.41) is 2.93. The second kappa shape index (κ2) is 10.5. The van der Waals surface area contributed by atoms with Crippen LogP contribution in [0.3, 0.4) is 0 Å². The predicted octanol–water partition coefficient (Wildman–Crippen LogP) is 3.93. The molecule has 1 aliphatic heterocycles. The van der Waals surface area contributed by atoms with Gasteiger partial charge in [-0.2, -0.15) is 0 Å². The van der Waals surface area contributed by atoms with Gasteiger partial charge in [0.25, 0.3) is 0 Å². The van der Waals surface area contributed by atoms with E-state index in [2.05, 4.69) is 44.5 Å². The Labute approximate surface area is 188 Å². The molecule has 0 saturated carbocycles. The van der Waals surface area contributed by atoms with E-state index in [4.69, 9.17) is 4.74 Å². The molecule has 0 atom stereocenters. The van der Waals surface area contributed by atoms with Crippen molar-refractivity contribution < 1.29 is 9.53 Å². The molecule has 1 amide bonds. The number of likely N-dealkylation sites (tertiary alicyclic amines) is 1. The Bertz CT molecular complexity index is 1080. The highest BCUT2D eigenvalue weighted by molar-refractivity contribution is 5.93. The van der Waals surface area contributed by atoms with Crippen LogP contribution in [0.2, 0.25) is 0 Å². The number of ether oxygens (including phenoxy) is 1. The lowest BCUT2D eigenvalue weighted by atomic mass is 9.90. The number of rotatable bonds is 9. The molecule has 1 aliphatic rings. The van der Waals surface area contributed by atoms with Crippen LogP contribution in [0.25, 0.3) is 11.0 Å². The summed E-state index contributed by atoms with van der Waals surface area (Å²) >= 11 is 0. The second-order valence-electron chi connectivity index (χ2n) is 8.54. The van der Waals surface area contributed by atoms with Gasteiger partial charge in [0.05, 0.1) is 17.6 Å². The summed E-state index contributed by atoms with van der Waals surface area (Å²) in [7, 11) is 0. The highest BCUT2D eigenvalue weighted by Gasteiger charge is 2.19. The Hall–Kier alpha value is -3.06. The number of aromatic nitrogens is 2. The first kappa shape index (κ1) is 22.1. The average molecular weight is 437 g/mol. The number of piperidine rings is 1. The van der Waals surface area contributed by atoms with E-state index in [1.807, 2.05) is 6.92 Å². The van der Waals surface area contributed by atoms with Crippen molar-refractivity contribution in [2.24, 2.45) is 5.92 Å². The minimum atomic E-state index is -0.244. The second-order valence-corrected chi connectivity index (χ2v) is 8.54. The number of carbonyl (C=O) groups excluding carboxylic acids is 1. The number of hydrogen-bond acceptors (Lipinski definition) is 4. The standard InChI is InChI=1S/C25H32N4O3/c1-2-32-21-8-5-18(6-9-21)3-4-19-11-14-29(15-12-19)16-13-24(30)26-20-7-10-22-23(17-20)28-25(31)27-22/h5-10,17,19H,2-4,11-16H2,1H3,(H,26,30)(H2,27,28,31). The maximum absolute atomic E-state index is 12.4. The number of aryl methyl sites for hydroxylation is 1. The fourth-order valence-corrected chi connectivity index (χ4v) is 4.38. The minimum absolute atomic E-state index is 0.000134. The number of nitrogens with zero attached hydrogens (tertiary/aromatic N) is 1. The van der Waals surface area contributed by atoms with Gasteiger partial charge < -0.3 is 24.9 Å². The fourth-order valence-electron chi connectivity index (χ4n) is 4.38. The van der Waals surface area contributed by atoms with E-state index in [1.165, 1.54) is 24.8 Å². The predicted molar refractivity (Wildman–Crippen MR) is 127 cm³/mol. The van der Waals surface area contributed by atoms with Crippen LogP contribution in [-0.2, 0) is 11.2 Å². The molecule has 0 bridgehead atoms. The van der Waals surface area contributed by atoms with Crippen LogP contribution in [0.15, 0.2) is 47.3 Å². The zero-order valence-electron chi connectivity index (χ0n) is 18.7. The normalized spacial score (nSPS) is 15.2. The molecule has 3 N–H and O–H groups in total. The number of hydrogen-bond donors (Lipinski definition) is 3.